The number of aromatic nitrogens is 2. The van der Waals surface area contributed by atoms with Crippen LogP contribution in [0.4, 0.5) is 5.82 Å². The van der Waals surface area contributed by atoms with Gasteiger partial charge in [0.15, 0.2) is 5.75 Å². The van der Waals surface area contributed by atoms with Gasteiger partial charge in [-0.05, 0) is 49.2 Å². The van der Waals surface area contributed by atoms with E-state index in [9.17, 15) is 0 Å². The van der Waals surface area contributed by atoms with Gasteiger partial charge >= 0.3 is 0 Å². The summed E-state index contributed by atoms with van der Waals surface area (Å²) in [6.45, 7) is 8.19. The van der Waals surface area contributed by atoms with Crippen LogP contribution in [0.25, 0.3) is 11.1 Å². The molecule has 8 heteroatoms. The monoisotopic (exact) mass is 448 g/mol. The largest absolute Gasteiger partial charge is 0.485 e. The molecule has 0 aliphatic carbocycles. The lowest BCUT2D eigenvalue weighted by atomic mass is 10.1. The number of halogens is 2. The molecule has 1 fully saturated rings. The first-order valence-electron chi connectivity index (χ1n) is 9.48. The Morgan fingerprint density at radius 3 is 2.48 bits per heavy atom. The van der Waals surface area contributed by atoms with Crippen molar-refractivity contribution in [1.29, 1.82) is 0 Å². The van der Waals surface area contributed by atoms with Gasteiger partial charge in [0.1, 0.15) is 12.4 Å². The quantitative estimate of drug-likeness (QED) is 0.586. The zero-order valence-electron chi connectivity index (χ0n) is 16.3. The fourth-order valence-corrected chi connectivity index (χ4v) is 4.82. The van der Waals surface area contributed by atoms with E-state index in [0.29, 0.717) is 22.4 Å². The number of thiazole rings is 1. The van der Waals surface area contributed by atoms with Crippen LogP contribution < -0.4 is 15.0 Å². The minimum absolute atomic E-state index is 0.401. The second-order valence-electron chi connectivity index (χ2n) is 6.94. The number of anilines is 1. The van der Waals surface area contributed by atoms with Crippen LogP contribution in [-0.4, -0.2) is 36.1 Å². The highest BCUT2D eigenvalue weighted by Crippen LogP contribution is 2.38. The average Bonchev–Trinajstić information content (AvgIpc) is 3.05. The lowest BCUT2D eigenvalue weighted by Gasteiger charge is -2.28. The van der Waals surface area contributed by atoms with Gasteiger partial charge in [-0.3, -0.25) is 0 Å². The maximum Gasteiger partial charge on any atom is 0.157 e. The van der Waals surface area contributed by atoms with E-state index in [1.807, 2.05) is 38.2 Å². The molecule has 0 radical (unpaired) electrons. The van der Waals surface area contributed by atoms with E-state index in [1.54, 1.807) is 11.3 Å². The SMILES string of the molecule is Cc1nc(C)c(COc2c(Cl)cc(-c3ccnc(N4CCNCC4)c3)cc2Cl)s1. The first-order valence-corrected chi connectivity index (χ1v) is 11.1. The molecule has 1 aliphatic rings. The molecular weight excluding hydrogens is 427 g/mol. The summed E-state index contributed by atoms with van der Waals surface area (Å²) in [6.07, 6.45) is 1.83. The number of aryl methyl sites for hydroxylation is 2. The van der Waals surface area contributed by atoms with E-state index in [2.05, 4.69) is 26.3 Å². The smallest absolute Gasteiger partial charge is 0.157 e. The Morgan fingerprint density at radius 1 is 1.10 bits per heavy atom. The lowest BCUT2D eigenvalue weighted by Crippen LogP contribution is -2.43. The third-order valence-electron chi connectivity index (χ3n) is 4.87. The highest BCUT2D eigenvalue weighted by molar-refractivity contribution is 7.11. The molecule has 5 nitrogen and oxygen atoms in total. The Morgan fingerprint density at radius 2 is 1.83 bits per heavy atom. The highest BCUT2D eigenvalue weighted by Gasteiger charge is 2.15. The van der Waals surface area contributed by atoms with Gasteiger partial charge in [0.25, 0.3) is 0 Å². The average molecular weight is 449 g/mol. The van der Waals surface area contributed by atoms with Crippen LogP contribution in [0.1, 0.15) is 15.6 Å². The van der Waals surface area contributed by atoms with Crippen LogP contribution in [0.15, 0.2) is 30.5 Å². The Bertz CT molecular complexity index is 995. The van der Waals surface area contributed by atoms with Crippen LogP contribution in [0.3, 0.4) is 0 Å². The third-order valence-corrected chi connectivity index (χ3v) is 6.47. The number of hydrogen-bond acceptors (Lipinski definition) is 6. The highest BCUT2D eigenvalue weighted by atomic mass is 35.5. The molecule has 152 valence electrons. The van der Waals surface area contributed by atoms with E-state index < -0.39 is 0 Å². The van der Waals surface area contributed by atoms with Crippen molar-refractivity contribution >= 4 is 40.4 Å². The summed E-state index contributed by atoms with van der Waals surface area (Å²) in [7, 11) is 0. The molecule has 4 rings (SSSR count). The number of piperazine rings is 1. The van der Waals surface area contributed by atoms with Gasteiger partial charge in [-0.25, -0.2) is 9.97 Å². The molecule has 3 heterocycles. The summed E-state index contributed by atoms with van der Waals surface area (Å²) in [4.78, 5) is 12.3. The summed E-state index contributed by atoms with van der Waals surface area (Å²) in [6, 6.07) is 7.84. The molecule has 0 unspecified atom stereocenters. The molecule has 0 saturated carbocycles. The summed E-state index contributed by atoms with van der Waals surface area (Å²) >= 11 is 14.7. The van der Waals surface area contributed by atoms with Crippen molar-refractivity contribution in [3.63, 3.8) is 0 Å². The van der Waals surface area contributed by atoms with Crippen LogP contribution in [-0.2, 0) is 6.61 Å². The minimum atomic E-state index is 0.401. The van der Waals surface area contributed by atoms with Gasteiger partial charge in [-0.1, -0.05) is 23.2 Å². The molecule has 2 aromatic heterocycles. The first-order chi connectivity index (χ1) is 14.0. The molecule has 1 saturated heterocycles. The number of benzene rings is 1. The second-order valence-corrected chi connectivity index (χ2v) is 9.04. The number of rotatable bonds is 5. The molecule has 0 bridgehead atoms. The summed E-state index contributed by atoms with van der Waals surface area (Å²) in [5, 5.41) is 5.36. The fourth-order valence-electron chi connectivity index (χ4n) is 3.37. The van der Waals surface area contributed by atoms with Crippen LogP contribution >= 0.6 is 34.5 Å². The number of nitrogens with one attached hydrogen (secondary N) is 1. The van der Waals surface area contributed by atoms with Crippen molar-refractivity contribution in [3.8, 4) is 16.9 Å². The van der Waals surface area contributed by atoms with Crippen LogP contribution in [0.2, 0.25) is 10.0 Å². The van der Waals surface area contributed by atoms with Gasteiger partial charge in [0, 0.05) is 32.4 Å². The maximum atomic E-state index is 6.53. The topological polar surface area (TPSA) is 50.3 Å². The van der Waals surface area contributed by atoms with Crippen molar-refractivity contribution in [3.05, 3.63) is 56.1 Å². The van der Waals surface area contributed by atoms with Crippen molar-refractivity contribution in [2.45, 2.75) is 20.5 Å². The predicted molar refractivity (Wildman–Crippen MR) is 121 cm³/mol. The first kappa shape index (κ1) is 20.4. The molecule has 0 spiro atoms. The molecule has 3 aromatic rings. The van der Waals surface area contributed by atoms with Crippen LogP contribution in [0, 0.1) is 13.8 Å². The standard InChI is InChI=1S/C21H22Cl2N4OS/c1-13-19(29-14(2)26-13)12-28-21-17(22)9-16(10-18(21)23)15-3-4-25-20(11-15)27-7-5-24-6-8-27/h3-4,9-11,24H,5-8,12H2,1-2H3. The molecule has 1 aromatic carbocycles. The Balaban J connectivity index is 1.56. The summed E-state index contributed by atoms with van der Waals surface area (Å²) < 4.78 is 5.94. The summed E-state index contributed by atoms with van der Waals surface area (Å²) in [5.41, 5.74) is 2.95. The number of pyridine rings is 1. The fraction of sp³-hybridized carbons (Fsp3) is 0.333. The molecular formula is C21H22Cl2N4OS. The summed E-state index contributed by atoms with van der Waals surface area (Å²) in [5.74, 6) is 1.46. The van der Waals surface area contributed by atoms with Gasteiger partial charge in [-0.15, -0.1) is 11.3 Å². The zero-order chi connectivity index (χ0) is 20.4. The Hall–Kier alpha value is -1.86. The van der Waals surface area contributed by atoms with Crippen molar-refractivity contribution in [2.24, 2.45) is 0 Å². The molecule has 1 aliphatic heterocycles. The Kier molecular flexibility index (Phi) is 6.25. The normalized spacial score (nSPS) is 14.3. The van der Waals surface area contributed by atoms with E-state index in [0.717, 1.165) is 58.7 Å². The van der Waals surface area contributed by atoms with E-state index in [1.165, 1.54) is 0 Å². The number of hydrogen-bond donors (Lipinski definition) is 1. The van der Waals surface area contributed by atoms with E-state index >= 15 is 0 Å². The van der Waals surface area contributed by atoms with Crippen molar-refractivity contribution < 1.29 is 4.74 Å². The van der Waals surface area contributed by atoms with Crippen molar-refractivity contribution in [2.75, 3.05) is 31.1 Å². The van der Waals surface area contributed by atoms with E-state index in [-0.39, 0.29) is 0 Å². The van der Waals surface area contributed by atoms with Gasteiger partial charge in [-0.2, -0.15) is 0 Å². The van der Waals surface area contributed by atoms with Gasteiger partial charge in [0.2, 0.25) is 0 Å². The zero-order valence-corrected chi connectivity index (χ0v) is 18.7. The molecule has 1 N–H and O–H groups in total. The van der Waals surface area contributed by atoms with Gasteiger partial charge in [0.05, 0.1) is 25.6 Å². The molecule has 29 heavy (non-hydrogen) atoms. The lowest BCUT2D eigenvalue weighted by molar-refractivity contribution is 0.309. The van der Waals surface area contributed by atoms with E-state index in [4.69, 9.17) is 27.9 Å². The second kappa shape index (κ2) is 8.88. The minimum Gasteiger partial charge on any atom is -0.485 e. The predicted octanol–water partition coefficient (Wildman–Crippen LogP) is 5.12. The number of ether oxygens (including phenoxy) is 1. The van der Waals surface area contributed by atoms with Gasteiger partial charge < -0.3 is 15.0 Å². The van der Waals surface area contributed by atoms with Crippen molar-refractivity contribution in [1.82, 2.24) is 15.3 Å². The Labute approximate surface area is 184 Å². The molecule has 0 amide bonds. The molecule has 0 atom stereocenters. The van der Waals surface area contributed by atoms with Crippen LogP contribution in [0.5, 0.6) is 5.75 Å². The third kappa shape index (κ3) is 4.67. The number of nitrogens with zero attached hydrogens (tertiary/aromatic N) is 3. The maximum absolute atomic E-state index is 6.53.